The molecule has 3 amide bonds. The molecule has 0 unspecified atom stereocenters. The van der Waals surface area contributed by atoms with Crippen LogP contribution in [0.5, 0.6) is 5.75 Å². The molecule has 2 aromatic carbocycles. The van der Waals surface area contributed by atoms with Crippen molar-refractivity contribution in [3.05, 3.63) is 69.3 Å². The monoisotopic (exact) mass is 327 g/mol. The lowest BCUT2D eigenvalue weighted by atomic mass is 10.1. The van der Waals surface area contributed by atoms with Crippen LogP contribution in [0.1, 0.15) is 31.1 Å². The number of rotatable bonds is 3. The zero-order chi connectivity index (χ0) is 17.4. The quantitative estimate of drug-likeness (QED) is 0.495. The van der Waals surface area contributed by atoms with Gasteiger partial charge in [0.15, 0.2) is 0 Å². The van der Waals surface area contributed by atoms with E-state index in [0.29, 0.717) is 5.01 Å². The van der Waals surface area contributed by atoms with Crippen LogP contribution in [-0.2, 0) is 0 Å². The molecule has 1 heterocycles. The number of nitrogens with one attached hydrogen (secondary N) is 1. The molecule has 0 aliphatic carbocycles. The van der Waals surface area contributed by atoms with E-state index in [2.05, 4.69) is 5.43 Å². The summed E-state index contributed by atoms with van der Waals surface area (Å²) < 4.78 is 0. The number of fused-ring (bicyclic) bond motifs is 1. The fourth-order valence-corrected chi connectivity index (χ4v) is 2.35. The van der Waals surface area contributed by atoms with Crippen LogP contribution < -0.4 is 5.43 Å². The molecular formula is C15H9N3O6. The zero-order valence-electron chi connectivity index (χ0n) is 11.9. The van der Waals surface area contributed by atoms with Gasteiger partial charge in [-0.15, -0.1) is 0 Å². The third-order valence-electron chi connectivity index (χ3n) is 3.45. The van der Waals surface area contributed by atoms with Crippen molar-refractivity contribution >= 4 is 23.4 Å². The second-order valence-corrected chi connectivity index (χ2v) is 4.86. The molecule has 24 heavy (non-hydrogen) atoms. The molecule has 0 spiro atoms. The predicted molar refractivity (Wildman–Crippen MR) is 79.2 cm³/mol. The number of hydrogen-bond acceptors (Lipinski definition) is 6. The number of carbonyl (C=O) groups excluding carboxylic acids is 3. The van der Waals surface area contributed by atoms with E-state index in [-0.39, 0.29) is 22.4 Å². The number of hydrazine groups is 1. The molecule has 0 atom stereocenters. The van der Waals surface area contributed by atoms with Gasteiger partial charge in [0.05, 0.1) is 16.1 Å². The standard InChI is InChI=1S/C15H9N3O6/c19-11-7-2-1-4-8(11)13(20)16-17-14(21)9-5-3-6-10(18(23)24)12(9)15(17)22/h1-7,19H,(H,16,20). The summed E-state index contributed by atoms with van der Waals surface area (Å²) in [5.74, 6) is -3.13. The number of nitro groups is 1. The van der Waals surface area contributed by atoms with Crippen LogP contribution in [0.15, 0.2) is 42.5 Å². The molecule has 120 valence electrons. The summed E-state index contributed by atoms with van der Waals surface area (Å²) >= 11 is 0. The maximum absolute atomic E-state index is 12.3. The Morgan fingerprint density at radius 1 is 1.08 bits per heavy atom. The number of para-hydroxylation sites is 1. The number of nitrogens with zero attached hydrogens (tertiary/aromatic N) is 2. The lowest BCUT2D eigenvalue weighted by molar-refractivity contribution is -0.385. The lowest BCUT2D eigenvalue weighted by Crippen LogP contribution is -2.45. The third-order valence-corrected chi connectivity index (χ3v) is 3.45. The summed E-state index contributed by atoms with van der Waals surface area (Å²) in [5, 5.41) is 21.0. The molecule has 9 heteroatoms. The third kappa shape index (κ3) is 2.24. The fraction of sp³-hybridized carbons (Fsp3) is 0. The van der Waals surface area contributed by atoms with E-state index in [9.17, 15) is 29.6 Å². The van der Waals surface area contributed by atoms with Gasteiger partial charge < -0.3 is 5.11 Å². The fourth-order valence-electron chi connectivity index (χ4n) is 2.35. The Morgan fingerprint density at radius 3 is 2.46 bits per heavy atom. The summed E-state index contributed by atoms with van der Waals surface area (Å²) in [6.45, 7) is 0. The minimum atomic E-state index is -1.01. The molecule has 2 aromatic rings. The number of aromatic hydroxyl groups is 1. The number of phenols is 1. The van der Waals surface area contributed by atoms with Crippen molar-refractivity contribution in [1.82, 2.24) is 10.4 Å². The number of imide groups is 1. The van der Waals surface area contributed by atoms with Gasteiger partial charge in [0.25, 0.3) is 23.4 Å². The van der Waals surface area contributed by atoms with Crippen LogP contribution in [0.25, 0.3) is 0 Å². The minimum Gasteiger partial charge on any atom is -0.507 e. The van der Waals surface area contributed by atoms with Crippen molar-refractivity contribution in [1.29, 1.82) is 0 Å². The highest BCUT2D eigenvalue weighted by Gasteiger charge is 2.42. The molecule has 0 radical (unpaired) electrons. The Kier molecular flexibility index (Phi) is 3.45. The molecule has 0 saturated carbocycles. The Bertz CT molecular complexity index is 908. The summed E-state index contributed by atoms with van der Waals surface area (Å²) in [5.41, 5.74) is 0.830. The second kappa shape index (κ2) is 5.47. The van der Waals surface area contributed by atoms with Crippen molar-refractivity contribution in [3.63, 3.8) is 0 Å². The first-order valence-electron chi connectivity index (χ1n) is 6.67. The van der Waals surface area contributed by atoms with Crippen LogP contribution >= 0.6 is 0 Å². The Morgan fingerprint density at radius 2 is 1.79 bits per heavy atom. The average Bonchev–Trinajstić information content (AvgIpc) is 2.80. The average molecular weight is 327 g/mol. The molecule has 2 N–H and O–H groups in total. The van der Waals surface area contributed by atoms with Crippen molar-refractivity contribution in [3.8, 4) is 5.75 Å². The summed E-state index contributed by atoms with van der Waals surface area (Å²) in [6.07, 6.45) is 0. The summed E-state index contributed by atoms with van der Waals surface area (Å²) in [6, 6.07) is 9.18. The normalized spacial score (nSPS) is 12.9. The molecule has 0 bridgehead atoms. The van der Waals surface area contributed by atoms with Crippen molar-refractivity contribution in [2.24, 2.45) is 0 Å². The highest BCUT2D eigenvalue weighted by atomic mass is 16.6. The van der Waals surface area contributed by atoms with Crippen LogP contribution in [0.3, 0.4) is 0 Å². The van der Waals surface area contributed by atoms with E-state index >= 15 is 0 Å². The molecular weight excluding hydrogens is 318 g/mol. The first-order chi connectivity index (χ1) is 11.4. The van der Waals surface area contributed by atoms with E-state index in [4.69, 9.17) is 0 Å². The molecule has 0 aromatic heterocycles. The van der Waals surface area contributed by atoms with Gasteiger partial charge in [-0.1, -0.05) is 18.2 Å². The molecule has 1 aliphatic rings. The van der Waals surface area contributed by atoms with E-state index < -0.39 is 28.3 Å². The maximum Gasteiger partial charge on any atom is 0.287 e. The van der Waals surface area contributed by atoms with Gasteiger partial charge in [-0.25, -0.2) is 0 Å². The molecule has 3 rings (SSSR count). The smallest absolute Gasteiger partial charge is 0.287 e. The highest BCUT2D eigenvalue weighted by molar-refractivity contribution is 6.23. The van der Waals surface area contributed by atoms with E-state index in [1.54, 1.807) is 0 Å². The van der Waals surface area contributed by atoms with Crippen molar-refractivity contribution in [2.45, 2.75) is 0 Å². The van der Waals surface area contributed by atoms with Gasteiger partial charge in [0.2, 0.25) is 0 Å². The number of carbonyl (C=O) groups is 3. The zero-order valence-corrected chi connectivity index (χ0v) is 11.9. The van der Waals surface area contributed by atoms with Crippen molar-refractivity contribution < 1.29 is 24.4 Å². The predicted octanol–water partition coefficient (Wildman–Crippen LogP) is 1.24. The van der Waals surface area contributed by atoms with E-state index in [1.807, 2.05) is 0 Å². The SMILES string of the molecule is O=C(NN1C(=O)c2cccc([N+](=O)[O-])c2C1=O)c1ccccc1O. The number of phenolic OH excluding ortho intramolecular Hbond substituents is 1. The first-order valence-corrected chi connectivity index (χ1v) is 6.67. The van der Waals surface area contributed by atoms with Gasteiger partial charge in [0, 0.05) is 6.07 Å². The summed E-state index contributed by atoms with van der Waals surface area (Å²) in [4.78, 5) is 46.9. The van der Waals surface area contributed by atoms with Gasteiger partial charge in [0.1, 0.15) is 11.3 Å². The summed E-state index contributed by atoms with van der Waals surface area (Å²) in [7, 11) is 0. The van der Waals surface area contributed by atoms with E-state index in [0.717, 1.165) is 6.07 Å². The van der Waals surface area contributed by atoms with Crippen LogP contribution in [0, 0.1) is 10.1 Å². The van der Waals surface area contributed by atoms with Gasteiger partial charge in [-0.3, -0.25) is 29.9 Å². The highest BCUT2D eigenvalue weighted by Crippen LogP contribution is 2.30. The topological polar surface area (TPSA) is 130 Å². The number of benzene rings is 2. The van der Waals surface area contributed by atoms with Crippen LogP contribution in [0.2, 0.25) is 0 Å². The number of nitro benzene ring substituents is 1. The number of hydrogen-bond donors (Lipinski definition) is 2. The first kappa shape index (κ1) is 15.2. The van der Waals surface area contributed by atoms with Gasteiger partial charge in [-0.2, -0.15) is 5.01 Å². The van der Waals surface area contributed by atoms with Gasteiger partial charge >= 0.3 is 0 Å². The van der Waals surface area contributed by atoms with Crippen LogP contribution in [0.4, 0.5) is 5.69 Å². The minimum absolute atomic E-state index is 0.149. The molecule has 0 saturated heterocycles. The maximum atomic E-state index is 12.3. The van der Waals surface area contributed by atoms with Gasteiger partial charge in [-0.05, 0) is 18.2 Å². The van der Waals surface area contributed by atoms with Crippen LogP contribution in [-0.4, -0.2) is 32.8 Å². The Balaban J connectivity index is 1.95. The van der Waals surface area contributed by atoms with E-state index in [1.165, 1.54) is 36.4 Å². The number of amides is 3. The lowest BCUT2D eigenvalue weighted by Gasteiger charge is -2.15. The Labute approximate surface area is 134 Å². The molecule has 0 fully saturated rings. The largest absolute Gasteiger partial charge is 0.507 e. The molecule has 9 nitrogen and oxygen atoms in total. The van der Waals surface area contributed by atoms with Crippen molar-refractivity contribution in [2.75, 3.05) is 0 Å². The molecule has 1 aliphatic heterocycles. The Hall–Kier alpha value is -3.75. The second-order valence-electron chi connectivity index (χ2n) is 4.86.